The third kappa shape index (κ3) is 2.60. The highest BCUT2D eigenvalue weighted by molar-refractivity contribution is 5.26. The van der Waals surface area contributed by atoms with Crippen molar-refractivity contribution in [1.82, 2.24) is 0 Å². The first kappa shape index (κ1) is 3.15. The summed E-state index contributed by atoms with van der Waals surface area (Å²) in [5.74, 6) is -0.0777. The van der Waals surface area contributed by atoms with E-state index in [-0.39, 0.29) is 11.3 Å². The van der Waals surface area contributed by atoms with E-state index in [1.54, 1.807) is 0 Å². The zero-order valence-electron chi connectivity index (χ0n) is 11.8. The Bertz CT molecular complexity index is 397. The number of nitrogens with two attached hydrogens (primary N) is 1. The smallest absolute Gasteiger partial charge is 0.115 e. The molecule has 3 N–H and O–H groups in total. The van der Waals surface area contributed by atoms with Gasteiger partial charge >= 0.3 is 0 Å². The van der Waals surface area contributed by atoms with Crippen molar-refractivity contribution in [2.75, 3.05) is 0 Å². The van der Waals surface area contributed by atoms with Crippen molar-refractivity contribution in [2.45, 2.75) is 19.2 Å². The molecule has 0 aliphatic heterocycles. The quantitative estimate of drug-likeness (QED) is 0.679. The van der Waals surface area contributed by atoms with Gasteiger partial charge in [-0.1, -0.05) is 12.1 Å². The Morgan fingerprint density at radius 2 is 2.36 bits per heavy atom. The van der Waals surface area contributed by atoms with Crippen molar-refractivity contribution in [3.63, 3.8) is 0 Å². The van der Waals surface area contributed by atoms with Crippen molar-refractivity contribution < 1.29 is 13.3 Å². The predicted octanol–water partition coefficient (Wildman–Crippen LogP) is 1.28. The summed E-state index contributed by atoms with van der Waals surface area (Å²) in [6.07, 6.45) is -2.56. The van der Waals surface area contributed by atoms with Crippen molar-refractivity contribution in [2.24, 2.45) is 5.73 Å². The molecule has 0 aromatic heterocycles. The Kier molecular flexibility index (Phi) is 0.972. The van der Waals surface area contributed by atoms with Gasteiger partial charge in [0.2, 0.25) is 0 Å². The highest BCUT2D eigenvalue weighted by Gasteiger charge is 1.96. The predicted molar refractivity (Wildman–Crippen MR) is 45.5 cm³/mol. The Morgan fingerprint density at radius 1 is 1.73 bits per heavy atom. The molecule has 1 rings (SSSR count). The summed E-state index contributed by atoms with van der Waals surface area (Å²) in [5, 5.41) is 9.07. The molecular formula is C9H13NO. The van der Waals surface area contributed by atoms with E-state index in [0.717, 1.165) is 0 Å². The van der Waals surface area contributed by atoms with Gasteiger partial charge in [0.25, 0.3) is 0 Å². The minimum atomic E-state index is -2.96. The van der Waals surface area contributed by atoms with Crippen LogP contribution < -0.4 is 5.73 Å². The lowest BCUT2D eigenvalue weighted by Crippen LogP contribution is -2.17. The number of hydrogen-bond acceptors (Lipinski definition) is 2. The summed E-state index contributed by atoms with van der Waals surface area (Å²) in [6, 6.07) is 2.07. The molecule has 0 spiro atoms. The Balaban J connectivity index is 3.23. The van der Waals surface area contributed by atoms with Gasteiger partial charge in [-0.05, 0) is 30.9 Å². The maximum Gasteiger partial charge on any atom is 0.115 e. The van der Waals surface area contributed by atoms with E-state index in [1.165, 1.54) is 24.3 Å². The lowest BCUT2D eigenvalue weighted by Gasteiger charge is -2.03. The Labute approximate surface area is 75.1 Å². The highest BCUT2D eigenvalue weighted by atomic mass is 16.3. The van der Waals surface area contributed by atoms with Crippen molar-refractivity contribution in [3.8, 4) is 5.75 Å². The first-order chi connectivity index (χ1) is 7.50. The number of benzene rings is 1. The van der Waals surface area contributed by atoms with Gasteiger partial charge in [0.15, 0.2) is 0 Å². The fourth-order valence-electron chi connectivity index (χ4n) is 0.700. The van der Waals surface area contributed by atoms with Gasteiger partial charge in [-0.25, -0.2) is 0 Å². The van der Waals surface area contributed by atoms with Crippen LogP contribution >= 0.6 is 0 Å². The second kappa shape index (κ2) is 3.39. The number of rotatable bonds is 2. The molecular weight excluding hydrogens is 138 g/mol. The molecule has 1 aromatic carbocycles. The molecule has 0 heterocycles. The van der Waals surface area contributed by atoms with Crippen LogP contribution in [0.3, 0.4) is 0 Å². The minimum absolute atomic E-state index is 0.0658. The molecule has 60 valence electrons. The molecule has 1 unspecified atom stereocenters. The topological polar surface area (TPSA) is 46.2 Å². The van der Waals surface area contributed by atoms with Crippen LogP contribution in [0.15, 0.2) is 24.3 Å². The maximum atomic E-state index is 9.07. The summed E-state index contributed by atoms with van der Waals surface area (Å²) in [7, 11) is 0. The van der Waals surface area contributed by atoms with E-state index in [2.05, 4.69) is 0 Å². The molecule has 0 saturated heterocycles. The van der Waals surface area contributed by atoms with Gasteiger partial charge in [0, 0.05) is 14.2 Å². The van der Waals surface area contributed by atoms with Gasteiger partial charge in [-0.15, -0.1) is 0 Å². The van der Waals surface area contributed by atoms with Gasteiger partial charge in [-0.3, -0.25) is 0 Å². The molecule has 0 saturated carbocycles. The maximum absolute atomic E-state index is 9.07. The summed E-state index contributed by atoms with van der Waals surface area (Å²) < 4.78 is 44.3. The van der Waals surface area contributed by atoms with Crippen molar-refractivity contribution >= 4 is 0 Å². The molecule has 0 fully saturated rings. The summed E-state index contributed by atoms with van der Waals surface area (Å²) in [5.41, 5.74) is 5.24. The molecule has 1 aromatic rings. The number of phenolic OH excluding ortho intramolecular Hbond substituents is 1. The van der Waals surface area contributed by atoms with Crippen molar-refractivity contribution in [3.05, 3.63) is 29.8 Å². The zero-order valence-corrected chi connectivity index (χ0v) is 5.83. The van der Waals surface area contributed by atoms with Crippen molar-refractivity contribution in [1.29, 1.82) is 0 Å². The number of hydrogen-bond donors (Lipinski definition) is 2. The summed E-state index contributed by atoms with van der Waals surface area (Å²) in [4.78, 5) is 0. The molecule has 0 amide bonds. The second-order valence-electron chi connectivity index (χ2n) is 2.09. The number of phenols is 1. The van der Waals surface area contributed by atoms with E-state index >= 15 is 0 Å². The van der Waals surface area contributed by atoms with Crippen LogP contribution in [-0.2, 0) is 6.37 Å². The first-order valence-electron chi connectivity index (χ1n) is 6.08. The lowest BCUT2D eigenvalue weighted by atomic mass is 10.1. The molecule has 2 nitrogen and oxygen atoms in total. The van der Waals surface area contributed by atoms with E-state index in [9.17, 15) is 0 Å². The minimum Gasteiger partial charge on any atom is -0.508 e. The number of aromatic hydroxyl groups is 1. The normalized spacial score (nSPS) is 26.3. The third-order valence-corrected chi connectivity index (χ3v) is 1.15. The fourth-order valence-corrected chi connectivity index (χ4v) is 0.700. The van der Waals surface area contributed by atoms with Crippen LogP contribution in [0.5, 0.6) is 5.75 Å². The molecule has 1 atom stereocenters. The van der Waals surface area contributed by atoms with E-state index in [4.69, 9.17) is 19.1 Å². The van der Waals surface area contributed by atoms with Crippen LogP contribution in [0.4, 0.5) is 0 Å². The van der Waals surface area contributed by atoms with Gasteiger partial charge in [0.05, 0.1) is 0 Å². The molecule has 0 radical (unpaired) electrons. The van der Waals surface area contributed by atoms with Gasteiger partial charge < -0.3 is 10.8 Å². The second-order valence-corrected chi connectivity index (χ2v) is 2.09. The standard InChI is InChI=1S/C9H13NO/c1-7(10)6-8-2-4-9(11)5-3-8/h2-5,7,11H,6,10H2,1H3/i1D3,6D2,7D. The van der Waals surface area contributed by atoms with Crippen LogP contribution in [0, 0.1) is 0 Å². The summed E-state index contributed by atoms with van der Waals surface area (Å²) in [6.45, 7) is -2.96. The molecule has 0 aliphatic carbocycles. The highest BCUT2D eigenvalue weighted by Crippen LogP contribution is 2.10. The summed E-state index contributed by atoms with van der Waals surface area (Å²) >= 11 is 0. The molecule has 2 heteroatoms. The van der Waals surface area contributed by atoms with Crippen LogP contribution in [0.1, 0.15) is 20.6 Å². The van der Waals surface area contributed by atoms with E-state index in [1.807, 2.05) is 0 Å². The molecule has 0 bridgehead atoms. The van der Waals surface area contributed by atoms with E-state index < -0.39 is 19.2 Å². The Hall–Kier alpha value is -1.02. The van der Waals surface area contributed by atoms with E-state index in [0.29, 0.717) is 0 Å². The van der Waals surface area contributed by atoms with Crippen LogP contribution in [0.2, 0.25) is 0 Å². The SMILES string of the molecule is [2H]C([2H])([2H])C([2H])(N)C([2H])([2H])c1ccc(O)cc1. The monoisotopic (exact) mass is 157 g/mol. The van der Waals surface area contributed by atoms with Gasteiger partial charge in [-0.2, -0.15) is 0 Å². The molecule has 0 aliphatic rings. The third-order valence-electron chi connectivity index (χ3n) is 1.15. The first-order valence-corrected chi connectivity index (χ1v) is 3.08. The lowest BCUT2D eigenvalue weighted by molar-refractivity contribution is 0.475. The molecule has 11 heavy (non-hydrogen) atoms. The largest absolute Gasteiger partial charge is 0.508 e. The average Bonchev–Trinajstić information content (AvgIpc) is 2.16. The zero-order chi connectivity index (χ0) is 13.5. The average molecular weight is 157 g/mol. The van der Waals surface area contributed by atoms with Gasteiger partial charge in [0.1, 0.15) is 5.75 Å². The fraction of sp³-hybridized carbons (Fsp3) is 0.333. The Morgan fingerprint density at radius 3 is 2.91 bits per heavy atom. The van der Waals surface area contributed by atoms with Crippen LogP contribution in [-0.4, -0.2) is 11.1 Å². The van der Waals surface area contributed by atoms with Crippen LogP contribution in [0.25, 0.3) is 0 Å².